The van der Waals surface area contributed by atoms with Gasteiger partial charge in [0.1, 0.15) is 5.75 Å². The average molecular weight is 707 g/mol. The van der Waals surface area contributed by atoms with E-state index in [-0.39, 0.29) is 47.7 Å². The number of amides is 1. The molecule has 48 heavy (non-hydrogen) atoms. The molecule has 272 valence electrons. The van der Waals surface area contributed by atoms with Gasteiger partial charge in [0.2, 0.25) is 0 Å². The first-order chi connectivity index (χ1) is 22.8. The van der Waals surface area contributed by atoms with Crippen LogP contribution in [0.5, 0.6) is 5.75 Å². The number of rotatable bonds is 13. The van der Waals surface area contributed by atoms with Gasteiger partial charge >= 0.3 is 18.2 Å². The Labute approximate surface area is 283 Å². The van der Waals surface area contributed by atoms with Crippen LogP contribution in [0.3, 0.4) is 0 Å². The molecule has 3 aliphatic carbocycles. The minimum atomic E-state index is -5.59. The third-order valence-corrected chi connectivity index (χ3v) is 13.3. The molecule has 0 bridgehead atoms. The van der Waals surface area contributed by atoms with Crippen LogP contribution in [0.15, 0.2) is 18.2 Å². The van der Waals surface area contributed by atoms with Crippen molar-refractivity contribution < 1.29 is 45.5 Å². The van der Waals surface area contributed by atoms with Crippen molar-refractivity contribution in [3.63, 3.8) is 0 Å². The number of nitrogens with zero attached hydrogens (tertiary/aromatic N) is 1. The fraction of sp³-hybridized carbons (Fsp3) is 0.800. The zero-order valence-electron chi connectivity index (χ0n) is 28.0. The number of aliphatic hydroxyl groups is 1. The van der Waals surface area contributed by atoms with Gasteiger partial charge in [-0.2, -0.15) is 22.0 Å². The predicted octanol–water partition coefficient (Wildman–Crippen LogP) is 6.84. The molecule has 2 saturated carbocycles. The number of hydrogen-bond donors (Lipinski definition) is 2. The van der Waals surface area contributed by atoms with Crippen molar-refractivity contribution >= 4 is 16.9 Å². The average Bonchev–Trinajstić information content (AvgIpc) is 3.39. The molecule has 1 unspecified atom stereocenters. The maximum Gasteiger partial charge on any atom is 0.453 e. The maximum absolute atomic E-state index is 13.3. The lowest BCUT2D eigenvalue weighted by atomic mass is 9.52. The number of likely N-dealkylation sites (tertiary alicyclic amines) is 1. The third-order valence-electron chi connectivity index (χ3n) is 11.8. The highest BCUT2D eigenvalue weighted by Gasteiger charge is 2.58. The summed E-state index contributed by atoms with van der Waals surface area (Å²) in [6.07, 6.45) is 0.321. The van der Waals surface area contributed by atoms with E-state index < -0.39 is 35.7 Å². The number of aliphatic hydroxyl groups excluding tert-OH is 1. The Bertz CT molecular complexity index is 1280. The van der Waals surface area contributed by atoms with Crippen LogP contribution in [-0.4, -0.2) is 89.4 Å². The molecule has 1 saturated heterocycles. The highest BCUT2D eigenvalue weighted by atomic mass is 32.2. The van der Waals surface area contributed by atoms with Crippen LogP contribution in [0.1, 0.15) is 88.2 Å². The minimum Gasteiger partial charge on any atom is -0.410 e. The summed E-state index contributed by atoms with van der Waals surface area (Å²) in [5.74, 6) is -2.71. The first-order valence-electron chi connectivity index (χ1n) is 17.5. The predicted molar refractivity (Wildman–Crippen MR) is 174 cm³/mol. The molecule has 1 aliphatic heterocycles. The zero-order chi connectivity index (χ0) is 34.7. The standard InChI is InChI=1S/C35H51F5N2O5S/c1-33-14-10-28-27-7-6-26(47-32(44)42-16-11-25(12-17-42)41-15-18-43)22-24(27)21-23(31(28)29(33)8-9-30(33)46-2)5-3-19-48(45)20-4-13-34(36,37)35(38,39)40/h6-7,22-23,25,28-31,41,43H,3-5,8-21H2,1-2H3/t23-,28-,29+,30+,31-,33+,48?/m1/s1. The van der Waals surface area contributed by atoms with Crippen molar-refractivity contribution in [3.8, 4) is 5.75 Å². The van der Waals surface area contributed by atoms with Crippen LogP contribution in [0.2, 0.25) is 0 Å². The first-order valence-corrected chi connectivity index (χ1v) is 19.0. The number of alkyl halides is 5. The Morgan fingerprint density at radius 2 is 1.81 bits per heavy atom. The van der Waals surface area contributed by atoms with Crippen LogP contribution in [-0.2, 0) is 22.0 Å². The summed E-state index contributed by atoms with van der Waals surface area (Å²) >= 11 is 0. The summed E-state index contributed by atoms with van der Waals surface area (Å²) < 4.78 is 88.7. The smallest absolute Gasteiger partial charge is 0.410 e. The number of ether oxygens (including phenoxy) is 2. The molecule has 1 aromatic rings. The number of nitrogens with one attached hydrogen (secondary N) is 1. The molecule has 4 aliphatic rings. The molecule has 13 heteroatoms. The second kappa shape index (κ2) is 15.6. The number of methoxy groups -OCH3 is 1. The number of carbonyl (C=O) groups excluding carboxylic acids is 1. The highest BCUT2D eigenvalue weighted by molar-refractivity contribution is 7.84. The monoisotopic (exact) mass is 706 g/mol. The van der Waals surface area contributed by atoms with Gasteiger partial charge in [-0.15, -0.1) is 0 Å². The number of benzene rings is 1. The normalized spacial score (nSPS) is 30.0. The van der Waals surface area contributed by atoms with Gasteiger partial charge in [0.25, 0.3) is 0 Å². The summed E-state index contributed by atoms with van der Waals surface area (Å²) in [7, 11) is 0.312. The van der Waals surface area contributed by atoms with E-state index in [9.17, 15) is 31.0 Å². The Kier molecular flexibility index (Phi) is 12.2. The molecule has 3 fully saturated rings. The van der Waals surface area contributed by atoms with Gasteiger partial charge in [0, 0.05) is 61.5 Å². The Morgan fingerprint density at radius 3 is 2.50 bits per heavy atom. The van der Waals surface area contributed by atoms with E-state index in [0.29, 0.717) is 49.6 Å². The van der Waals surface area contributed by atoms with Gasteiger partial charge < -0.3 is 24.8 Å². The summed E-state index contributed by atoms with van der Waals surface area (Å²) in [6.45, 7) is 4.11. The minimum absolute atomic E-state index is 0.0642. The summed E-state index contributed by atoms with van der Waals surface area (Å²) in [5, 5.41) is 12.3. The van der Waals surface area contributed by atoms with Crippen molar-refractivity contribution in [2.45, 2.75) is 108 Å². The van der Waals surface area contributed by atoms with Crippen LogP contribution in [0, 0.1) is 23.2 Å². The number of hydrogen-bond acceptors (Lipinski definition) is 6. The second-order valence-corrected chi connectivity index (χ2v) is 16.3. The fourth-order valence-electron chi connectivity index (χ4n) is 9.36. The molecule has 2 N–H and O–H groups in total. The second-order valence-electron chi connectivity index (χ2n) is 14.6. The van der Waals surface area contributed by atoms with Crippen molar-refractivity contribution in [2.24, 2.45) is 23.2 Å². The topological polar surface area (TPSA) is 88.1 Å². The molecule has 0 aromatic heterocycles. The van der Waals surface area contributed by atoms with Crippen LogP contribution >= 0.6 is 0 Å². The van der Waals surface area contributed by atoms with E-state index in [0.717, 1.165) is 56.9 Å². The summed E-state index contributed by atoms with van der Waals surface area (Å²) in [4.78, 5) is 14.8. The van der Waals surface area contributed by atoms with Crippen molar-refractivity contribution in [1.29, 1.82) is 0 Å². The first kappa shape index (κ1) is 37.4. The largest absolute Gasteiger partial charge is 0.453 e. The van der Waals surface area contributed by atoms with Gasteiger partial charge in [0.15, 0.2) is 0 Å². The van der Waals surface area contributed by atoms with Gasteiger partial charge in [0.05, 0.1) is 12.7 Å². The van der Waals surface area contributed by atoms with E-state index in [1.54, 1.807) is 12.0 Å². The lowest BCUT2D eigenvalue weighted by molar-refractivity contribution is -0.284. The molecule has 7 nitrogen and oxygen atoms in total. The van der Waals surface area contributed by atoms with Crippen molar-refractivity contribution in [3.05, 3.63) is 29.3 Å². The lowest BCUT2D eigenvalue weighted by Crippen LogP contribution is -2.47. The molecule has 0 spiro atoms. The van der Waals surface area contributed by atoms with E-state index in [2.05, 4.69) is 18.3 Å². The number of fused-ring (bicyclic) bond motifs is 5. The number of halogens is 5. The summed E-state index contributed by atoms with van der Waals surface area (Å²) in [5.41, 5.74) is 2.51. The molecular weight excluding hydrogens is 655 g/mol. The highest BCUT2D eigenvalue weighted by Crippen LogP contribution is 2.63. The van der Waals surface area contributed by atoms with Crippen molar-refractivity contribution in [1.82, 2.24) is 10.2 Å². The van der Waals surface area contributed by atoms with Gasteiger partial charge in [-0.1, -0.05) is 13.0 Å². The zero-order valence-corrected chi connectivity index (χ0v) is 28.9. The molecular formula is C35H51F5N2O5S. The molecule has 1 aromatic carbocycles. The Morgan fingerprint density at radius 1 is 1.08 bits per heavy atom. The van der Waals surface area contributed by atoms with Crippen molar-refractivity contribution in [2.75, 3.05) is 44.9 Å². The van der Waals surface area contributed by atoms with Gasteiger partial charge in [-0.25, -0.2) is 4.79 Å². The third kappa shape index (κ3) is 8.20. The van der Waals surface area contributed by atoms with Crippen LogP contribution in [0.4, 0.5) is 26.7 Å². The van der Waals surface area contributed by atoms with Gasteiger partial charge in [-0.05, 0) is 117 Å². The quantitative estimate of drug-likeness (QED) is 0.219. The Hall–Kier alpha value is -1.83. The number of carbonyl (C=O) groups is 1. The van der Waals surface area contributed by atoms with Crippen LogP contribution < -0.4 is 10.1 Å². The summed E-state index contributed by atoms with van der Waals surface area (Å²) in [6, 6.07) is 6.28. The molecule has 1 heterocycles. The number of piperidine rings is 1. The van der Waals surface area contributed by atoms with E-state index >= 15 is 0 Å². The van der Waals surface area contributed by atoms with Crippen LogP contribution in [0.25, 0.3) is 0 Å². The molecule has 5 rings (SSSR count). The van der Waals surface area contributed by atoms with E-state index in [1.807, 2.05) is 12.1 Å². The molecule has 7 atom stereocenters. The van der Waals surface area contributed by atoms with E-state index in [1.165, 1.54) is 5.56 Å². The maximum atomic E-state index is 13.3. The lowest BCUT2D eigenvalue weighted by Gasteiger charge is -2.53. The fourth-order valence-corrected chi connectivity index (χ4v) is 10.5. The van der Waals surface area contributed by atoms with Gasteiger partial charge in [-0.3, -0.25) is 4.21 Å². The SMILES string of the molecule is CO[C@H]1CC[C@H]2[C@@H]3[C@H](CCCS(=O)CCCC(F)(F)C(F)(F)F)Cc4cc(OC(=O)N5CCC(NCCO)CC5)ccc4[C@H]3CC[C@]12C. The molecule has 1 amide bonds. The van der Waals surface area contributed by atoms with E-state index in [4.69, 9.17) is 14.6 Å². The Balaban J connectivity index is 1.24. The molecule has 0 radical (unpaired) electrons.